The molecule has 3 aromatic rings. The zero-order valence-electron chi connectivity index (χ0n) is 13.8. The van der Waals surface area contributed by atoms with Crippen LogP contribution in [-0.4, -0.2) is 31.4 Å². The molecule has 0 bridgehead atoms. The van der Waals surface area contributed by atoms with E-state index in [9.17, 15) is 4.79 Å². The first-order chi connectivity index (χ1) is 11.5. The molecule has 3 rings (SSSR count). The lowest BCUT2D eigenvalue weighted by molar-refractivity contribution is 0.0916. The van der Waals surface area contributed by atoms with E-state index in [0.29, 0.717) is 12.3 Å². The molecule has 6 heteroatoms. The summed E-state index contributed by atoms with van der Waals surface area (Å²) in [5, 5.41) is 6.01. The van der Waals surface area contributed by atoms with E-state index in [1.54, 1.807) is 11.3 Å². The zero-order chi connectivity index (χ0) is 17.3. The Balaban J connectivity index is 1.79. The number of likely N-dealkylation sites (N-methyl/N-ethyl adjacent to an activating group) is 1. The van der Waals surface area contributed by atoms with Crippen molar-refractivity contribution < 1.29 is 9.21 Å². The van der Waals surface area contributed by atoms with Crippen molar-refractivity contribution in [3.63, 3.8) is 0 Å². The lowest BCUT2D eigenvalue weighted by Crippen LogP contribution is -2.34. The SMILES string of the molecule is Cc1c(C(=O)NCC(c2cccs2)N(C)C)oc2ccc(Br)cc12. The summed E-state index contributed by atoms with van der Waals surface area (Å²) in [6.07, 6.45) is 0. The van der Waals surface area contributed by atoms with Crippen LogP contribution in [0, 0.1) is 6.92 Å². The molecule has 1 N–H and O–H groups in total. The van der Waals surface area contributed by atoms with Gasteiger partial charge in [0.1, 0.15) is 5.58 Å². The van der Waals surface area contributed by atoms with Crippen LogP contribution in [0.1, 0.15) is 27.0 Å². The van der Waals surface area contributed by atoms with Gasteiger partial charge in [0.2, 0.25) is 0 Å². The number of amides is 1. The van der Waals surface area contributed by atoms with Gasteiger partial charge in [-0.2, -0.15) is 0 Å². The van der Waals surface area contributed by atoms with Gasteiger partial charge >= 0.3 is 0 Å². The Labute approximate surface area is 153 Å². The number of fused-ring (bicyclic) bond motifs is 1. The number of aryl methyl sites for hydroxylation is 1. The molecule has 0 radical (unpaired) electrons. The molecule has 1 amide bonds. The van der Waals surface area contributed by atoms with E-state index in [1.165, 1.54) is 4.88 Å². The summed E-state index contributed by atoms with van der Waals surface area (Å²) in [5.41, 5.74) is 1.59. The Morgan fingerprint density at radius 1 is 1.38 bits per heavy atom. The first kappa shape index (κ1) is 17.2. The van der Waals surface area contributed by atoms with Gasteiger partial charge in [-0.15, -0.1) is 11.3 Å². The number of rotatable bonds is 5. The fourth-order valence-corrected chi connectivity index (χ4v) is 3.98. The lowest BCUT2D eigenvalue weighted by atomic mass is 10.1. The quantitative estimate of drug-likeness (QED) is 0.673. The van der Waals surface area contributed by atoms with Crippen LogP contribution in [0.3, 0.4) is 0 Å². The molecule has 1 atom stereocenters. The minimum Gasteiger partial charge on any atom is -0.451 e. The van der Waals surface area contributed by atoms with Gasteiger partial charge in [-0.25, -0.2) is 0 Å². The van der Waals surface area contributed by atoms with E-state index in [1.807, 2.05) is 45.3 Å². The van der Waals surface area contributed by atoms with Crippen LogP contribution in [0.15, 0.2) is 44.6 Å². The second-order valence-electron chi connectivity index (χ2n) is 5.90. The summed E-state index contributed by atoms with van der Waals surface area (Å²) in [6.45, 7) is 2.45. The van der Waals surface area contributed by atoms with Crippen molar-refractivity contribution in [1.29, 1.82) is 0 Å². The monoisotopic (exact) mass is 406 g/mol. The predicted molar refractivity (Wildman–Crippen MR) is 102 cm³/mol. The molecule has 2 aromatic heterocycles. The van der Waals surface area contributed by atoms with Crippen molar-refractivity contribution in [1.82, 2.24) is 10.2 Å². The average Bonchev–Trinajstić information content (AvgIpc) is 3.16. The van der Waals surface area contributed by atoms with Gasteiger partial charge in [0.15, 0.2) is 5.76 Å². The highest BCUT2D eigenvalue weighted by molar-refractivity contribution is 9.10. The smallest absolute Gasteiger partial charge is 0.287 e. The Morgan fingerprint density at radius 3 is 2.83 bits per heavy atom. The first-order valence-electron chi connectivity index (χ1n) is 7.64. The summed E-state index contributed by atoms with van der Waals surface area (Å²) in [5.74, 6) is 0.204. The highest BCUT2D eigenvalue weighted by atomic mass is 79.9. The van der Waals surface area contributed by atoms with Crippen LogP contribution in [-0.2, 0) is 0 Å². The van der Waals surface area contributed by atoms with Gasteiger partial charge in [-0.1, -0.05) is 22.0 Å². The van der Waals surface area contributed by atoms with Gasteiger partial charge < -0.3 is 14.6 Å². The number of nitrogens with zero attached hydrogens (tertiary/aromatic N) is 1. The highest BCUT2D eigenvalue weighted by Gasteiger charge is 2.21. The van der Waals surface area contributed by atoms with Crippen LogP contribution in [0.4, 0.5) is 0 Å². The van der Waals surface area contributed by atoms with Gasteiger partial charge in [0.05, 0.1) is 6.04 Å². The maximum Gasteiger partial charge on any atom is 0.287 e. The minimum atomic E-state index is -0.178. The number of furan rings is 1. The normalized spacial score (nSPS) is 12.7. The lowest BCUT2D eigenvalue weighted by Gasteiger charge is -2.23. The third-order valence-corrected chi connectivity index (χ3v) is 5.52. The number of carbonyl (C=O) groups is 1. The Kier molecular flexibility index (Phi) is 5.08. The number of hydrogen-bond donors (Lipinski definition) is 1. The average molecular weight is 407 g/mol. The molecule has 1 aromatic carbocycles. The molecule has 2 heterocycles. The van der Waals surface area contributed by atoms with Crippen LogP contribution in [0.25, 0.3) is 11.0 Å². The summed E-state index contributed by atoms with van der Waals surface area (Å²) in [4.78, 5) is 15.9. The molecule has 0 aliphatic carbocycles. The van der Waals surface area contributed by atoms with E-state index in [-0.39, 0.29) is 11.9 Å². The molecular formula is C18H19BrN2O2S. The first-order valence-corrected chi connectivity index (χ1v) is 9.31. The molecule has 0 aliphatic heterocycles. The van der Waals surface area contributed by atoms with E-state index in [2.05, 4.69) is 37.6 Å². The van der Waals surface area contributed by atoms with E-state index >= 15 is 0 Å². The maximum atomic E-state index is 12.6. The standard InChI is InChI=1S/C18H19BrN2O2S/c1-11-13-9-12(19)6-7-15(13)23-17(11)18(22)20-10-14(21(2)3)16-5-4-8-24-16/h4-9,14H,10H2,1-3H3,(H,20,22). The number of benzene rings is 1. The maximum absolute atomic E-state index is 12.6. The molecule has 0 saturated carbocycles. The number of carbonyl (C=O) groups excluding carboxylic acids is 1. The van der Waals surface area contributed by atoms with Crippen molar-refractivity contribution >= 4 is 44.1 Å². The summed E-state index contributed by atoms with van der Waals surface area (Å²) < 4.78 is 6.72. The number of hydrogen-bond acceptors (Lipinski definition) is 4. The largest absolute Gasteiger partial charge is 0.451 e. The second kappa shape index (κ2) is 7.09. The Morgan fingerprint density at radius 2 is 2.17 bits per heavy atom. The summed E-state index contributed by atoms with van der Waals surface area (Å²) in [6, 6.07) is 10.0. The highest BCUT2D eigenvalue weighted by Crippen LogP contribution is 2.28. The van der Waals surface area contributed by atoms with Crippen molar-refractivity contribution in [2.24, 2.45) is 0 Å². The van der Waals surface area contributed by atoms with E-state index < -0.39 is 0 Å². The third kappa shape index (κ3) is 3.41. The fraction of sp³-hybridized carbons (Fsp3) is 0.278. The van der Waals surface area contributed by atoms with Crippen molar-refractivity contribution in [2.45, 2.75) is 13.0 Å². The molecule has 1 unspecified atom stereocenters. The number of halogens is 1. The van der Waals surface area contributed by atoms with Crippen molar-refractivity contribution in [2.75, 3.05) is 20.6 Å². The molecular weight excluding hydrogens is 388 g/mol. The third-order valence-electron chi connectivity index (χ3n) is 4.06. The minimum absolute atomic E-state index is 0.146. The molecule has 126 valence electrons. The fourth-order valence-electron chi connectivity index (χ4n) is 2.70. The van der Waals surface area contributed by atoms with Crippen LogP contribution < -0.4 is 5.32 Å². The summed E-state index contributed by atoms with van der Waals surface area (Å²) >= 11 is 5.15. The zero-order valence-corrected chi connectivity index (χ0v) is 16.2. The van der Waals surface area contributed by atoms with E-state index in [0.717, 1.165) is 21.0 Å². The molecule has 0 saturated heterocycles. The molecule has 0 spiro atoms. The predicted octanol–water partition coefficient (Wildman–Crippen LogP) is 4.60. The number of thiophene rings is 1. The molecule has 0 aliphatic rings. The Hall–Kier alpha value is -1.63. The van der Waals surface area contributed by atoms with Gasteiger partial charge in [-0.3, -0.25) is 4.79 Å². The van der Waals surface area contributed by atoms with Gasteiger partial charge in [0, 0.05) is 26.8 Å². The molecule has 0 fully saturated rings. The van der Waals surface area contributed by atoms with Crippen LogP contribution in [0.2, 0.25) is 0 Å². The Bertz CT molecular complexity index is 855. The van der Waals surface area contributed by atoms with Crippen LogP contribution >= 0.6 is 27.3 Å². The molecule has 4 nitrogen and oxygen atoms in total. The second-order valence-corrected chi connectivity index (χ2v) is 7.80. The topological polar surface area (TPSA) is 45.5 Å². The summed E-state index contributed by atoms with van der Waals surface area (Å²) in [7, 11) is 4.03. The van der Waals surface area contributed by atoms with E-state index in [4.69, 9.17) is 4.42 Å². The van der Waals surface area contributed by atoms with Crippen LogP contribution in [0.5, 0.6) is 0 Å². The molecule has 24 heavy (non-hydrogen) atoms. The van der Waals surface area contributed by atoms with Crippen molar-refractivity contribution in [3.8, 4) is 0 Å². The van der Waals surface area contributed by atoms with Gasteiger partial charge in [0.25, 0.3) is 5.91 Å². The number of nitrogens with one attached hydrogen (secondary N) is 1. The van der Waals surface area contributed by atoms with Gasteiger partial charge in [-0.05, 0) is 50.7 Å². The van der Waals surface area contributed by atoms with Crippen molar-refractivity contribution in [3.05, 3.63) is 56.4 Å².